The minimum atomic E-state index is -0.0122. The molecule has 0 aliphatic carbocycles. The predicted octanol–water partition coefficient (Wildman–Crippen LogP) is 6.18. The SMILES string of the molecule is O=C1c2ccccc2COc2ccc(C=Cc3ccc4ccc(Cl)cc4n3)cc21. The smallest absolute Gasteiger partial charge is 0.197 e. The summed E-state index contributed by atoms with van der Waals surface area (Å²) < 4.78 is 5.85. The Balaban J connectivity index is 1.49. The van der Waals surface area contributed by atoms with Gasteiger partial charge < -0.3 is 4.74 Å². The number of hydrogen-bond acceptors (Lipinski definition) is 3. The summed E-state index contributed by atoms with van der Waals surface area (Å²) >= 11 is 6.07. The Bertz CT molecular complexity index is 1290. The fourth-order valence-electron chi connectivity index (χ4n) is 3.50. The second-order valence-corrected chi connectivity index (χ2v) is 7.37. The van der Waals surface area contributed by atoms with Gasteiger partial charge >= 0.3 is 0 Å². The van der Waals surface area contributed by atoms with Crippen molar-refractivity contribution >= 4 is 40.4 Å². The van der Waals surface area contributed by atoms with Gasteiger partial charge in [-0.2, -0.15) is 0 Å². The molecule has 0 radical (unpaired) electrons. The molecule has 1 aliphatic rings. The van der Waals surface area contributed by atoms with Crippen LogP contribution in [0, 0.1) is 0 Å². The molecule has 2 heterocycles. The lowest BCUT2D eigenvalue weighted by Gasteiger charge is -2.07. The molecule has 0 amide bonds. The maximum atomic E-state index is 13.0. The van der Waals surface area contributed by atoms with Crippen molar-refractivity contribution in [1.82, 2.24) is 4.98 Å². The van der Waals surface area contributed by atoms with Gasteiger partial charge in [0, 0.05) is 21.5 Å². The standard InChI is InChI=1S/C25H16ClNO2/c26-19-9-7-17-8-11-20(27-23(17)14-19)10-5-16-6-12-24-22(13-16)25(28)21-4-2-1-3-18(21)15-29-24/h1-14H,15H2. The van der Waals surface area contributed by atoms with E-state index in [4.69, 9.17) is 16.3 Å². The third kappa shape index (κ3) is 3.41. The van der Waals surface area contributed by atoms with E-state index in [1.807, 2.05) is 84.9 Å². The highest BCUT2D eigenvalue weighted by Gasteiger charge is 2.21. The Hall–Kier alpha value is -3.43. The van der Waals surface area contributed by atoms with Gasteiger partial charge in [0.2, 0.25) is 0 Å². The number of nitrogens with zero attached hydrogens (tertiary/aromatic N) is 1. The van der Waals surface area contributed by atoms with E-state index in [2.05, 4.69) is 4.98 Å². The molecule has 0 spiro atoms. The van der Waals surface area contributed by atoms with Gasteiger partial charge in [0.1, 0.15) is 12.4 Å². The highest BCUT2D eigenvalue weighted by Crippen LogP contribution is 2.29. The normalized spacial score (nSPS) is 13.1. The number of carbonyl (C=O) groups is 1. The fraction of sp³-hybridized carbons (Fsp3) is 0.0400. The van der Waals surface area contributed by atoms with Crippen LogP contribution in [-0.2, 0) is 6.61 Å². The van der Waals surface area contributed by atoms with Crippen molar-refractivity contribution in [2.75, 3.05) is 0 Å². The molecule has 29 heavy (non-hydrogen) atoms. The average Bonchev–Trinajstić information content (AvgIpc) is 2.89. The second-order valence-electron chi connectivity index (χ2n) is 6.94. The number of pyridine rings is 1. The lowest BCUT2D eigenvalue weighted by Crippen LogP contribution is -2.02. The third-order valence-electron chi connectivity index (χ3n) is 5.02. The van der Waals surface area contributed by atoms with Crippen molar-refractivity contribution in [3.63, 3.8) is 0 Å². The molecule has 4 aromatic rings. The van der Waals surface area contributed by atoms with Gasteiger partial charge in [-0.15, -0.1) is 0 Å². The zero-order valence-electron chi connectivity index (χ0n) is 15.4. The van der Waals surface area contributed by atoms with Crippen LogP contribution in [0.2, 0.25) is 5.02 Å². The molecule has 5 rings (SSSR count). The lowest BCUT2D eigenvalue weighted by atomic mass is 9.98. The molecule has 0 N–H and O–H groups in total. The maximum absolute atomic E-state index is 13.0. The summed E-state index contributed by atoms with van der Waals surface area (Å²) in [6.45, 7) is 0.396. The molecule has 0 saturated carbocycles. The maximum Gasteiger partial charge on any atom is 0.197 e. The van der Waals surface area contributed by atoms with Gasteiger partial charge in [-0.3, -0.25) is 4.79 Å². The molecular weight excluding hydrogens is 382 g/mol. The first-order chi connectivity index (χ1) is 14.2. The van der Waals surface area contributed by atoms with Gasteiger partial charge in [-0.25, -0.2) is 4.98 Å². The summed E-state index contributed by atoms with van der Waals surface area (Å²) in [6, 6.07) is 22.9. The first-order valence-electron chi connectivity index (χ1n) is 9.31. The van der Waals surface area contributed by atoms with Gasteiger partial charge in [-0.1, -0.05) is 60.1 Å². The van der Waals surface area contributed by atoms with Gasteiger partial charge in [0.15, 0.2) is 5.78 Å². The molecule has 0 atom stereocenters. The van der Waals surface area contributed by atoms with Crippen LogP contribution in [0.5, 0.6) is 5.75 Å². The summed E-state index contributed by atoms with van der Waals surface area (Å²) in [5.41, 5.74) is 4.76. The van der Waals surface area contributed by atoms with E-state index < -0.39 is 0 Å². The van der Waals surface area contributed by atoms with Crippen molar-refractivity contribution in [2.24, 2.45) is 0 Å². The first-order valence-corrected chi connectivity index (χ1v) is 9.69. The number of rotatable bonds is 2. The first kappa shape index (κ1) is 17.7. The lowest BCUT2D eigenvalue weighted by molar-refractivity contribution is 0.103. The van der Waals surface area contributed by atoms with Gasteiger partial charge in [0.25, 0.3) is 0 Å². The minimum Gasteiger partial charge on any atom is -0.488 e. The Morgan fingerprint density at radius 1 is 0.897 bits per heavy atom. The molecule has 0 saturated heterocycles. The molecule has 4 heteroatoms. The van der Waals surface area contributed by atoms with Crippen molar-refractivity contribution in [3.05, 3.63) is 106 Å². The summed E-state index contributed by atoms with van der Waals surface area (Å²) in [7, 11) is 0. The Morgan fingerprint density at radius 3 is 2.69 bits per heavy atom. The van der Waals surface area contributed by atoms with E-state index in [0.717, 1.165) is 27.7 Å². The molecule has 3 nitrogen and oxygen atoms in total. The van der Waals surface area contributed by atoms with Crippen molar-refractivity contribution in [1.29, 1.82) is 0 Å². The number of fused-ring (bicyclic) bond motifs is 3. The third-order valence-corrected chi connectivity index (χ3v) is 5.25. The van der Waals surface area contributed by atoms with Gasteiger partial charge in [-0.05, 0) is 42.0 Å². The Morgan fingerprint density at radius 2 is 1.76 bits per heavy atom. The molecule has 1 aromatic heterocycles. The minimum absolute atomic E-state index is 0.0122. The Labute approximate surface area is 173 Å². The zero-order valence-corrected chi connectivity index (χ0v) is 16.2. The van der Waals surface area contributed by atoms with E-state index in [-0.39, 0.29) is 5.78 Å². The van der Waals surface area contributed by atoms with Crippen LogP contribution in [-0.4, -0.2) is 10.8 Å². The average molecular weight is 398 g/mol. The van der Waals surface area contributed by atoms with E-state index in [0.29, 0.717) is 28.5 Å². The summed E-state index contributed by atoms with van der Waals surface area (Å²) in [6.07, 6.45) is 3.88. The fourth-order valence-corrected chi connectivity index (χ4v) is 3.67. The zero-order chi connectivity index (χ0) is 19.8. The van der Waals surface area contributed by atoms with Crippen LogP contribution in [0.1, 0.15) is 32.7 Å². The number of benzene rings is 3. The highest BCUT2D eigenvalue weighted by molar-refractivity contribution is 6.31. The van der Waals surface area contributed by atoms with Crippen LogP contribution in [0.3, 0.4) is 0 Å². The number of ether oxygens (including phenoxy) is 1. The van der Waals surface area contributed by atoms with Crippen LogP contribution < -0.4 is 4.74 Å². The number of aromatic nitrogens is 1. The van der Waals surface area contributed by atoms with Crippen LogP contribution in [0.25, 0.3) is 23.1 Å². The summed E-state index contributed by atoms with van der Waals surface area (Å²) in [5.74, 6) is 0.601. The van der Waals surface area contributed by atoms with Crippen LogP contribution in [0.4, 0.5) is 0 Å². The second kappa shape index (κ2) is 7.19. The van der Waals surface area contributed by atoms with Crippen LogP contribution in [0.15, 0.2) is 72.8 Å². The van der Waals surface area contributed by atoms with E-state index >= 15 is 0 Å². The van der Waals surface area contributed by atoms with Crippen molar-refractivity contribution in [3.8, 4) is 5.75 Å². The molecule has 0 bridgehead atoms. The van der Waals surface area contributed by atoms with Crippen molar-refractivity contribution < 1.29 is 9.53 Å². The predicted molar refractivity (Wildman–Crippen MR) is 116 cm³/mol. The highest BCUT2D eigenvalue weighted by atomic mass is 35.5. The number of hydrogen-bond donors (Lipinski definition) is 0. The topological polar surface area (TPSA) is 39.2 Å². The van der Waals surface area contributed by atoms with E-state index in [1.54, 1.807) is 0 Å². The quantitative estimate of drug-likeness (QED) is 0.405. The largest absolute Gasteiger partial charge is 0.488 e. The van der Waals surface area contributed by atoms with E-state index in [1.165, 1.54) is 0 Å². The Kier molecular flexibility index (Phi) is 4.38. The monoisotopic (exact) mass is 397 g/mol. The molecule has 0 fully saturated rings. The molecule has 3 aromatic carbocycles. The molecular formula is C25H16ClNO2. The summed E-state index contributed by atoms with van der Waals surface area (Å²) in [4.78, 5) is 17.6. The van der Waals surface area contributed by atoms with Gasteiger partial charge in [0.05, 0.1) is 16.8 Å². The molecule has 1 aliphatic heterocycles. The number of halogens is 1. The molecule has 0 unspecified atom stereocenters. The summed E-state index contributed by atoms with van der Waals surface area (Å²) in [5, 5.41) is 1.70. The molecule has 140 valence electrons. The van der Waals surface area contributed by atoms with Crippen LogP contribution >= 0.6 is 11.6 Å². The number of ketones is 1. The van der Waals surface area contributed by atoms with E-state index in [9.17, 15) is 4.79 Å². The van der Waals surface area contributed by atoms with Crippen molar-refractivity contribution in [2.45, 2.75) is 6.61 Å². The number of carbonyl (C=O) groups excluding carboxylic acids is 1.